The third-order valence-electron chi connectivity index (χ3n) is 2.40. The Bertz CT molecular complexity index is 764. The highest BCUT2D eigenvalue weighted by molar-refractivity contribution is 5.70. The average Bonchev–Trinajstić information content (AvgIpc) is 2.49. The van der Waals surface area contributed by atoms with E-state index in [0.29, 0.717) is 22.5 Å². The van der Waals surface area contributed by atoms with Gasteiger partial charge in [0.1, 0.15) is 0 Å². The van der Waals surface area contributed by atoms with Crippen molar-refractivity contribution >= 4 is 23.5 Å². The van der Waals surface area contributed by atoms with Gasteiger partial charge in [-0.3, -0.25) is 0 Å². The van der Waals surface area contributed by atoms with Gasteiger partial charge in [0.15, 0.2) is 0 Å². The Morgan fingerprint density at radius 3 is 1.60 bits per heavy atom. The molecule has 0 aliphatic heterocycles. The number of benzene rings is 2. The first-order valence-corrected chi connectivity index (χ1v) is 5.63. The summed E-state index contributed by atoms with van der Waals surface area (Å²) in [6.45, 7) is 0. The minimum atomic E-state index is 0.221. The van der Waals surface area contributed by atoms with Crippen molar-refractivity contribution in [2.45, 2.75) is 0 Å². The largest absolute Gasteiger partial charge is 0.0629 e. The lowest BCUT2D eigenvalue weighted by Gasteiger charge is -1.96. The fourth-order valence-electron chi connectivity index (χ4n) is 1.47. The Morgan fingerprint density at radius 2 is 1.25 bits per heavy atom. The molecule has 2 aromatic carbocycles. The molecule has 0 bridgehead atoms. The molecule has 0 radical (unpaired) electrons. The first-order valence-electron chi connectivity index (χ1n) is 6.63. The number of azide groups is 2. The molecule has 0 amide bonds. The predicted molar refractivity (Wildman–Crippen MR) is 79.4 cm³/mol. The van der Waals surface area contributed by atoms with Crippen LogP contribution in [0.25, 0.3) is 33.0 Å². The van der Waals surface area contributed by atoms with E-state index in [-0.39, 0.29) is 12.1 Å². The summed E-state index contributed by atoms with van der Waals surface area (Å²) in [5.74, 6) is 0. The number of nitrogens with zero attached hydrogens (tertiary/aromatic N) is 6. The minimum absolute atomic E-state index is 0.221. The van der Waals surface area contributed by atoms with E-state index < -0.39 is 0 Å². The van der Waals surface area contributed by atoms with E-state index in [4.69, 9.17) is 13.8 Å². The summed E-state index contributed by atoms with van der Waals surface area (Å²) in [5, 5.41) is 6.87. The molecule has 0 aliphatic carbocycles. The normalized spacial score (nSPS) is 11.2. The van der Waals surface area contributed by atoms with Crippen LogP contribution >= 0.6 is 0 Å². The predicted octanol–water partition coefficient (Wildman–Crippen LogP) is 5.74. The molecular weight excluding hydrogens is 252 g/mol. The molecule has 2 aromatic rings. The highest BCUT2D eigenvalue weighted by atomic mass is 15.1. The second-order valence-corrected chi connectivity index (χ2v) is 3.72. The van der Waals surface area contributed by atoms with Gasteiger partial charge in [-0.05, 0) is 22.2 Å². The Balaban J connectivity index is 2.28. The van der Waals surface area contributed by atoms with Gasteiger partial charge >= 0.3 is 0 Å². The lowest BCUT2D eigenvalue weighted by Crippen LogP contribution is -1.72. The van der Waals surface area contributed by atoms with Gasteiger partial charge in [0, 0.05) is 21.2 Å². The molecule has 0 fully saturated rings. The third kappa shape index (κ3) is 3.65. The van der Waals surface area contributed by atoms with E-state index in [9.17, 15) is 0 Å². The van der Waals surface area contributed by atoms with Crippen LogP contribution in [0, 0.1) is 0 Å². The van der Waals surface area contributed by atoms with Crippen molar-refractivity contribution in [3.05, 3.63) is 80.5 Å². The second kappa shape index (κ2) is 6.66. The van der Waals surface area contributed by atoms with E-state index in [2.05, 4.69) is 20.1 Å². The van der Waals surface area contributed by atoms with Crippen molar-refractivity contribution in [3.63, 3.8) is 0 Å². The number of rotatable bonds is 4. The second-order valence-electron chi connectivity index (χ2n) is 3.72. The molecule has 0 atom stereocenters. The van der Waals surface area contributed by atoms with Crippen LogP contribution in [0.4, 0.5) is 11.4 Å². The van der Waals surface area contributed by atoms with Crippen LogP contribution in [-0.2, 0) is 0 Å². The molecule has 0 unspecified atom stereocenters. The van der Waals surface area contributed by atoms with Crippen LogP contribution in [0.15, 0.2) is 58.7 Å². The van der Waals surface area contributed by atoms with E-state index in [1.165, 1.54) is 12.1 Å². The van der Waals surface area contributed by atoms with E-state index in [1.54, 1.807) is 36.4 Å². The highest BCUT2D eigenvalue weighted by Crippen LogP contribution is 2.17. The molecule has 0 heterocycles. The van der Waals surface area contributed by atoms with Crippen LogP contribution < -0.4 is 0 Å². The molecule has 0 N–H and O–H groups in total. The lowest BCUT2D eigenvalue weighted by molar-refractivity contribution is 1.47. The van der Waals surface area contributed by atoms with Crippen LogP contribution in [0.3, 0.4) is 0 Å². The summed E-state index contributed by atoms with van der Waals surface area (Å²) in [5.41, 5.74) is 18.7. The summed E-state index contributed by atoms with van der Waals surface area (Å²) in [4.78, 5) is 5.34. The molecular formula is C14H10N6. The number of hydrogen-bond acceptors (Lipinski definition) is 2. The molecule has 0 aromatic heterocycles. The topological polar surface area (TPSA) is 97.5 Å². The van der Waals surface area contributed by atoms with Gasteiger partial charge in [-0.15, -0.1) is 0 Å². The summed E-state index contributed by atoms with van der Waals surface area (Å²) >= 11 is 0. The van der Waals surface area contributed by atoms with E-state index >= 15 is 0 Å². The van der Waals surface area contributed by atoms with Crippen molar-refractivity contribution in [2.24, 2.45) is 10.2 Å². The first kappa shape index (κ1) is 10.7. The van der Waals surface area contributed by atoms with Crippen molar-refractivity contribution in [3.8, 4) is 0 Å². The van der Waals surface area contributed by atoms with E-state index in [0.717, 1.165) is 0 Å². The van der Waals surface area contributed by atoms with Crippen molar-refractivity contribution in [2.75, 3.05) is 0 Å². The Kier molecular flexibility index (Phi) is 3.56. The maximum absolute atomic E-state index is 8.36. The van der Waals surface area contributed by atoms with Gasteiger partial charge in [0.25, 0.3) is 0 Å². The molecule has 0 saturated heterocycles. The standard InChI is InChI=1S/C14H10N6/c15-19-17-13-7-3-11(4-8-13)1-2-12-5-9-14(10-6-12)18-20-16/h1-10H/i3D,5D. The molecule has 0 saturated carbocycles. The van der Waals surface area contributed by atoms with Crippen molar-refractivity contribution < 1.29 is 2.74 Å². The van der Waals surface area contributed by atoms with Gasteiger partial charge in [0.2, 0.25) is 0 Å². The minimum Gasteiger partial charge on any atom is -0.0608 e. The van der Waals surface area contributed by atoms with Crippen LogP contribution in [0.1, 0.15) is 13.9 Å². The highest BCUT2D eigenvalue weighted by Gasteiger charge is 1.91. The zero-order valence-corrected chi connectivity index (χ0v) is 10.3. The molecule has 6 heteroatoms. The van der Waals surface area contributed by atoms with Crippen LogP contribution in [0.5, 0.6) is 0 Å². The summed E-state index contributed by atoms with van der Waals surface area (Å²) in [6.07, 6.45) is 3.39. The monoisotopic (exact) mass is 264 g/mol. The summed E-state index contributed by atoms with van der Waals surface area (Å²) < 4.78 is 15.7. The first-order chi connectivity index (χ1) is 10.6. The lowest BCUT2D eigenvalue weighted by atomic mass is 10.1. The molecule has 96 valence electrons. The molecule has 20 heavy (non-hydrogen) atoms. The van der Waals surface area contributed by atoms with Gasteiger partial charge in [-0.25, -0.2) is 0 Å². The summed E-state index contributed by atoms with van der Waals surface area (Å²) in [6, 6.07) is 9.93. The van der Waals surface area contributed by atoms with Crippen LogP contribution in [0.2, 0.25) is 0 Å². The van der Waals surface area contributed by atoms with E-state index in [1.807, 2.05) is 0 Å². The maximum atomic E-state index is 8.36. The quantitative estimate of drug-likeness (QED) is 0.291. The SMILES string of the molecule is [2H]c1cc(N=[N+]=[N-])ccc1C=Cc1ccc(N=[N+]=[N-])cc1[2H]. The van der Waals surface area contributed by atoms with Gasteiger partial charge in [0.05, 0.1) is 2.74 Å². The number of hydrogen-bond donors (Lipinski definition) is 0. The third-order valence-corrected chi connectivity index (χ3v) is 2.40. The molecule has 0 aliphatic rings. The fraction of sp³-hybridized carbons (Fsp3) is 0. The fourth-order valence-corrected chi connectivity index (χ4v) is 1.47. The van der Waals surface area contributed by atoms with Crippen molar-refractivity contribution in [1.29, 1.82) is 0 Å². The smallest absolute Gasteiger partial charge is 0.0608 e. The van der Waals surface area contributed by atoms with Crippen molar-refractivity contribution in [1.82, 2.24) is 0 Å². The molecule has 0 spiro atoms. The van der Waals surface area contributed by atoms with Gasteiger partial charge in [-0.2, -0.15) is 0 Å². The van der Waals surface area contributed by atoms with Gasteiger partial charge in [-0.1, -0.05) is 70.9 Å². The Morgan fingerprint density at radius 1 is 0.800 bits per heavy atom. The van der Waals surface area contributed by atoms with Crippen LogP contribution in [-0.4, -0.2) is 0 Å². The molecule has 2 rings (SSSR count). The molecule has 6 nitrogen and oxygen atoms in total. The summed E-state index contributed by atoms with van der Waals surface area (Å²) in [7, 11) is 0. The van der Waals surface area contributed by atoms with Gasteiger partial charge < -0.3 is 0 Å². The maximum Gasteiger partial charge on any atom is 0.0629 e. The zero-order valence-electron chi connectivity index (χ0n) is 12.3. The zero-order chi connectivity index (χ0) is 15.9. The average molecular weight is 264 g/mol. The Hall–Kier alpha value is -3.20. The Labute approximate surface area is 118 Å².